The van der Waals surface area contributed by atoms with Crippen molar-refractivity contribution in [3.8, 4) is 17.2 Å². The van der Waals surface area contributed by atoms with Gasteiger partial charge in [-0.2, -0.15) is 0 Å². The van der Waals surface area contributed by atoms with E-state index in [0.29, 0.717) is 44.5 Å². The number of carbonyl (C=O) groups is 2. The first-order valence-electron chi connectivity index (χ1n) is 9.73. The summed E-state index contributed by atoms with van der Waals surface area (Å²) in [4.78, 5) is 31.1. The summed E-state index contributed by atoms with van der Waals surface area (Å²) >= 11 is 0. The van der Waals surface area contributed by atoms with Crippen LogP contribution >= 0.6 is 0 Å². The number of H-pyrrole nitrogens is 1. The first-order valence-corrected chi connectivity index (χ1v) is 9.73. The van der Waals surface area contributed by atoms with Gasteiger partial charge < -0.3 is 24.3 Å². The number of rotatable bonds is 5. The molecule has 0 saturated heterocycles. The van der Waals surface area contributed by atoms with Gasteiger partial charge in [-0.3, -0.25) is 14.5 Å². The number of nitrogens with zero attached hydrogens (tertiary/aromatic N) is 1. The lowest BCUT2D eigenvalue weighted by Crippen LogP contribution is -2.32. The number of methoxy groups -OCH3 is 3. The molecule has 2 heterocycles. The second-order valence-corrected chi connectivity index (χ2v) is 7.22. The average molecular weight is 420 g/mol. The third kappa shape index (κ3) is 2.39. The average Bonchev–Trinajstić information content (AvgIpc) is 3.28. The van der Waals surface area contributed by atoms with Crippen LogP contribution in [0.5, 0.6) is 17.2 Å². The molecule has 2 amide bonds. The molecule has 1 aliphatic heterocycles. The molecule has 5 rings (SSSR count). The number of aromatic amines is 1. The minimum Gasteiger partial charge on any atom is -0.493 e. The molecule has 0 atom stereocenters. The van der Waals surface area contributed by atoms with Crippen LogP contribution in [0, 0.1) is 0 Å². The zero-order valence-electron chi connectivity index (χ0n) is 17.2. The number of hydrogen-bond donors (Lipinski definition) is 2. The molecule has 1 aliphatic rings. The van der Waals surface area contributed by atoms with Crippen molar-refractivity contribution in [1.82, 2.24) is 9.88 Å². The first kappa shape index (κ1) is 19.2. The number of nitrogens with one attached hydrogen (secondary N) is 1. The van der Waals surface area contributed by atoms with E-state index in [-0.39, 0.29) is 18.7 Å². The lowest BCUT2D eigenvalue weighted by Gasteiger charge is -2.17. The molecule has 0 unspecified atom stereocenters. The van der Waals surface area contributed by atoms with E-state index in [4.69, 9.17) is 14.2 Å². The van der Waals surface area contributed by atoms with Crippen LogP contribution in [-0.2, 0) is 0 Å². The van der Waals surface area contributed by atoms with Gasteiger partial charge in [-0.15, -0.1) is 0 Å². The van der Waals surface area contributed by atoms with Crippen molar-refractivity contribution in [1.29, 1.82) is 0 Å². The van der Waals surface area contributed by atoms with E-state index in [1.165, 1.54) is 21.3 Å². The van der Waals surface area contributed by atoms with E-state index in [1.807, 2.05) is 24.3 Å². The zero-order valence-corrected chi connectivity index (χ0v) is 17.2. The number of β-amino-alcohol motifs (C(OH)–C–C–N with tert-alkyl or cyclic N) is 1. The van der Waals surface area contributed by atoms with Gasteiger partial charge in [-0.1, -0.05) is 18.2 Å². The molecule has 0 bridgehead atoms. The fraction of sp³-hybridized carbons (Fsp3) is 0.217. The summed E-state index contributed by atoms with van der Waals surface area (Å²) in [7, 11) is 4.53. The van der Waals surface area contributed by atoms with E-state index >= 15 is 0 Å². The van der Waals surface area contributed by atoms with Gasteiger partial charge in [0.05, 0.1) is 56.5 Å². The molecular formula is C23H20N2O6. The maximum absolute atomic E-state index is 13.3. The lowest BCUT2D eigenvalue weighted by molar-refractivity contribution is 0.0625. The molecule has 0 saturated carbocycles. The summed E-state index contributed by atoms with van der Waals surface area (Å²) in [6.07, 6.45) is 0. The fourth-order valence-corrected chi connectivity index (χ4v) is 4.55. The summed E-state index contributed by atoms with van der Waals surface area (Å²) in [5.74, 6) is 0.281. The molecule has 1 aromatic heterocycles. The van der Waals surface area contributed by atoms with Gasteiger partial charge in [0.15, 0.2) is 11.5 Å². The predicted octanol–water partition coefficient (Wildman–Crippen LogP) is 3.09. The number of para-hydroxylation sites is 1. The van der Waals surface area contributed by atoms with Gasteiger partial charge in [0.2, 0.25) is 5.75 Å². The standard InChI is InChI=1S/C23H20N2O6/c1-29-14-10-12-16-18(23(28)25(8-9-26)22(16)27)15-11-6-4-5-7-13(11)24-19(15)17(12)21(31-3)20(14)30-2/h4-7,10,24,26H,8-9H2,1-3H3. The molecule has 158 valence electrons. The summed E-state index contributed by atoms with van der Waals surface area (Å²) in [5, 5.41) is 12.0. The highest BCUT2D eigenvalue weighted by Crippen LogP contribution is 2.50. The Bertz CT molecular complexity index is 1400. The van der Waals surface area contributed by atoms with Crippen molar-refractivity contribution < 1.29 is 28.9 Å². The molecule has 0 aliphatic carbocycles. The van der Waals surface area contributed by atoms with Crippen LogP contribution in [0.25, 0.3) is 32.6 Å². The summed E-state index contributed by atoms with van der Waals surface area (Å²) in [6.45, 7) is -0.400. The van der Waals surface area contributed by atoms with Crippen molar-refractivity contribution in [2.75, 3.05) is 34.5 Å². The quantitative estimate of drug-likeness (QED) is 0.481. The van der Waals surface area contributed by atoms with E-state index < -0.39 is 11.8 Å². The summed E-state index contributed by atoms with van der Waals surface area (Å²) in [5.41, 5.74) is 2.07. The SMILES string of the molecule is COc1cc2c3c(c4c5ccccc5[nH]c4c2c(OC)c1OC)C(=O)N(CCO)C3=O. The van der Waals surface area contributed by atoms with Crippen LogP contribution in [0.2, 0.25) is 0 Å². The second kappa shape index (κ2) is 6.88. The smallest absolute Gasteiger partial charge is 0.262 e. The van der Waals surface area contributed by atoms with Gasteiger partial charge in [0.1, 0.15) is 0 Å². The number of aromatic nitrogens is 1. The van der Waals surface area contributed by atoms with Gasteiger partial charge in [0, 0.05) is 21.7 Å². The molecule has 0 radical (unpaired) electrons. The van der Waals surface area contributed by atoms with E-state index in [9.17, 15) is 14.7 Å². The minimum atomic E-state index is -0.458. The maximum atomic E-state index is 13.3. The Balaban J connectivity index is 2.08. The van der Waals surface area contributed by atoms with Gasteiger partial charge >= 0.3 is 0 Å². The summed E-state index contributed by atoms with van der Waals surface area (Å²) < 4.78 is 16.8. The highest BCUT2D eigenvalue weighted by molar-refractivity contribution is 6.37. The molecule has 3 aromatic carbocycles. The summed E-state index contributed by atoms with van der Waals surface area (Å²) in [6, 6.07) is 9.28. The Morgan fingerprint density at radius 2 is 1.61 bits per heavy atom. The minimum absolute atomic E-state index is 0.0812. The van der Waals surface area contributed by atoms with Crippen LogP contribution in [0.1, 0.15) is 20.7 Å². The van der Waals surface area contributed by atoms with Crippen LogP contribution in [-0.4, -0.2) is 61.3 Å². The number of benzene rings is 3. The number of aliphatic hydroxyl groups is 1. The van der Waals surface area contributed by atoms with Gasteiger partial charge in [-0.25, -0.2) is 0 Å². The Labute approximate surface area is 176 Å². The monoisotopic (exact) mass is 420 g/mol. The second-order valence-electron chi connectivity index (χ2n) is 7.22. The maximum Gasteiger partial charge on any atom is 0.262 e. The normalized spacial score (nSPS) is 13.5. The van der Waals surface area contributed by atoms with Crippen LogP contribution in [0.15, 0.2) is 30.3 Å². The first-order chi connectivity index (χ1) is 15.1. The third-order valence-corrected chi connectivity index (χ3v) is 5.80. The van der Waals surface area contributed by atoms with Crippen molar-refractivity contribution in [2.45, 2.75) is 0 Å². The molecule has 0 fully saturated rings. The van der Waals surface area contributed by atoms with Crippen LogP contribution < -0.4 is 14.2 Å². The number of fused-ring (bicyclic) bond motifs is 8. The number of imide groups is 1. The molecule has 0 spiro atoms. The molecule has 8 heteroatoms. The van der Waals surface area contributed by atoms with Crippen LogP contribution in [0.3, 0.4) is 0 Å². The molecule has 2 N–H and O–H groups in total. The Morgan fingerprint density at radius 3 is 2.29 bits per heavy atom. The Hall–Kier alpha value is -3.78. The number of aliphatic hydroxyl groups excluding tert-OH is 1. The third-order valence-electron chi connectivity index (χ3n) is 5.80. The van der Waals surface area contributed by atoms with Crippen LogP contribution in [0.4, 0.5) is 0 Å². The zero-order chi connectivity index (χ0) is 21.9. The Kier molecular flexibility index (Phi) is 4.26. The highest BCUT2D eigenvalue weighted by atomic mass is 16.5. The fourth-order valence-electron chi connectivity index (χ4n) is 4.55. The Morgan fingerprint density at radius 1 is 0.903 bits per heavy atom. The molecule has 31 heavy (non-hydrogen) atoms. The molecule has 8 nitrogen and oxygen atoms in total. The lowest BCUT2D eigenvalue weighted by atomic mass is 9.94. The number of hydrogen-bond acceptors (Lipinski definition) is 6. The van der Waals surface area contributed by atoms with Crippen molar-refractivity contribution in [2.24, 2.45) is 0 Å². The van der Waals surface area contributed by atoms with E-state index in [0.717, 1.165) is 15.8 Å². The van der Waals surface area contributed by atoms with Crippen molar-refractivity contribution >= 4 is 44.4 Å². The molecular weight excluding hydrogens is 400 g/mol. The van der Waals surface area contributed by atoms with Gasteiger partial charge in [-0.05, 0) is 12.1 Å². The highest BCUT2D eigenvalue weighted by Gasteiger charge is 2.40. The molecule has 4 aromatic rings. The van der Waals surface area contributed by atoms with Gasteiger partial charge in [0.25, 0.3) is 11.8 Å². The number of ether oxygens (including phenoxy) is 3. The topological polar surface area (TPSA) is 101 Å². The number of amides is 2. The van der Waals surface area contributed by atoms with Crippen molar-refractivity contribution in [3.63, 3.8) is 0 Å². The predicted molar refractivity (Wildman–Crippen MR) is 115 cm³/mol. The van der Waals surface area contributed by atoms with E-state index in [2.05, 4.69) is 4.98 Å². The van der Waals surface area contributed by atoms with E-state index in [1.54, 1.807) is 6.07 Å². The largest absolute Gasteiger partial charge is 0.493 e. The number of carbonyl (C=O) groups excluding carboxylic acids is 2. The van der Waals surface area contributed by atoms with Crippen molar-refractivity contribution in [3.05, 3.63) is 41.5 Å².